The molecule has 13 nitrogen and oxygen atoms in total. The number of fused-ring (bicyclic) bond motifs is 1. The molecule has 58 heavy (non-hydrogen) atoms. The van der Waals surface area contributed by atoms with E-state index in [9.17, 15) is 33.5 Å². The number of unbranched alkanes of at least 4 members (excludes halogenated alkanes) is 1. The highest BCUT2D eigenvalue weighted by Crippen LogP contribution is 2.21. The third-order valence-corrected chi connectivity index (χ3v) is 10.1. The summed E-state index contributed by atoms with van der Waals surface area (Å²) in [4.78, 5) is 70.7. The largest absolute Gasteiger partial charge is 0.394 e. The number of aryl methyl sites for hydroxylation is 1. The second-order valence-electron chi connectivity index (χ2n) is 14.3. The third kappa shape index (κ3) is 14.5. The van der Waals surface area contributed by atoms with Crippen molar-refractivity contribution >= 4 is 40.6 Å². The summed E-state index contributed by atoms with van der Waals surface area (Å²) >= 11 is 0. The summed E-state index contributed by atoms with van der Waals surface area (Å²) in [6.07, 6.45) is 7.77. The predicted molar refractivity (Wildman–Crippen MR) is 220 cm³/mol. The number of amides is 3. The zero-order chi connectivity index (χ0) is 41.7. The van der Waals surface area contributed by atoms with Gasteiger partial charge in [0.25, 0.3) is 0 Å². The lowest BCUT2D eigenvalue weighted by Gasteiger charge is -2.27. The van der Waals surface area contributed by atoms with Crippen LogP contribution in [0.25, 0.3) is 10.8 Å². The quantitative estimate of drug-likeness (QED) is 0.0463. The van der Waals surface area contributed by atoms with Crippen LogP contribution < -0.4 is 32.3 Å². The molecule has 3 aromatic carbocycles. The minimum absolute atomic E-state index is 0.0523. The number of aliphatic hydroxyl groups excluding tert-OH is 1. The number of ketones is 1. The molecule has 0 saturated heterocycles. The minimum Gasteiger partial charge on any atom is -0.394 e. The number of nitrogens with zero attached hydrogens (tertiary/aromatic N) is 1. The van der Waals surface area contributed by atoms with Crippen LogP contribution in [-0.2, 0) is 43.4 Å². The van der Waals surface area contributed by atoms with E-state index < -0.39 is 54.3 Å². The molecule has 4 aromatic rings. The molecule has 0 aliphatic carbocycles. The van der Waals surface area contributed by atoms with Crippen molar-refractivity contribution in [1.29, 1.82) is 0 Å². The van der Waals surface area contributed by atoms with E-state index in [1.807, 2.05) is 54.8 Å². The summed E-state index contributed by atoms with van der Waals surface area (Å²) in [5, 5.41) is 26.9. The van der Waals surface area contributed by atoms with Crippen LogP contribution >= 0.6 is 0 Å². The molecule has 309 valence electrons. The van der Waals surface area contributed by atoms with Crippen LogP contribution in [0.4, 0.5) is 4.39 Å². The Morgan fingerprint density at radius 1 is 0.828 bits per heavy atom. The van der Waals surface area contributed by atoms with Crippen molar-refractivity contribution in [2.24, 2.45) is 11.7 Å². The molecule has 0 aliphatic rings. The van der Waals surface area contributed by atoms with E-state index in [0.717, 1.165) is 33.9 Å². The van der Waals surface area contributed by atoms with Crippen LogP contribution in [0.15, 0.2) is 91.3 Å². The number of hydrogen-bond donors (Lipinski definition) is 7. The number of carbonyl (C=O) groups is 4. The van der Waals surface area contributed by atoms with E-state index in [1.54, 1.807) is 37.6 Å². The fourth-order valence-electron chi connectivity index (χ4n) is 6.78. The van der Waals surface area contributed by atoms with Gasteiger partial charge in [-0.05, 0) is 91.4 Å². The summed E-state index contributed by atoms with van der Waals surface area (Å²) in [5.74, 6) is -3.14. The number of carbonyl (C=O) groups excluding carboxylic acids is 5. The summed E-state index contributed by atoms with van der Waals surface area (Å²) in [7, 11) is 1.67. The fraction of sp³-hybridized carbons (Fsp3) is 0.409. The van der Waals surface area contributed by atoms with E-state index >= 15 is 0 Å². The SMILES string of the molecule is CN[C@@H](CCCCN)C(=O)N[C@@H](Cc1cccc2ccccc12)C(=O)N[C@@H](CO)C(=O)C(CC[C@H]([C]=O)NC(=O)CCc1ccc(F)cc1)CNCc1cccnc1. The van der Waals surface area contributed by atoms with E-state index in [0.29, 0.717) is 32.4 Å². The minimum atomic E-state index is -1.35. The van der Waals surface area contributed by atoms with Crippen LogP contribution in [0.2, 0.25) is 0 Å². The summed E-state index contributed by atoms with van der Waals surface area (Å²) < 4.78 is 13.3. The number of halogens is 1. The van der Waals surface area contributed by atoms with Crippen LogP contribution in [-0.4, -0.2) is 90.8 Å². The molecule has 1 heterocycles. The van der Waals surface area contributed by atoms with Crippen molar-refractivity contribution in [2.75, 3.05) is 26.7 Å². The molecule has 5 atom stereocenters. The number of benzene rings is 3. The number of nitrogens with one attached hydrogen (secondary N) is 5. The average molecular weight is 797 g/mol. The summed E-state index contributed by atoms with van der Waals surface area (Å²) in [5.41, 5.74) is 8.10. The Morgan fingerprint density at radius 3 is 2.28 bits per heavy atom. The number of aromatic nitrogens is 1. The molecule has 4 rings (SSSR count). The highest BCUT2D eigenvalue weighted by Gasteiger charge is 2.32. The standard InChI is InChI=1S/C44H55FN7O6/c1-47-38(13-4-5-22-46)43(57)51-39(24-33-11-6-10-32-9-2-3-12-37(32)33)44(58)52-40(29-54)42(56)34(27-49-26-31-8-7-23-48-25-31)17-20-36(28-53)50-41(55)21-16-30-14-18-35(45)19-15-30/h2-3,6-12,14-15,18-19,23,25,34,36,38-40,47,49,54H,4-5,13,16-17,20-22,24,26-27,29,46H2,1H3,(H,50,55)(H,51,57)(H,52,58)/t34?,36-,38+,39+,40+/m1/s1. The fourth-order valence-corrected chi connectivity index (χ4v) is 6.78. The number of rotatable bonds is 26. The van der Waals surface area contributed by atoms with Gasteiger partial charge in [0.1, 0.15) is 17.9 Å². The molecule has 14 heteroatoms. The molecule has 0 aliphatic heterocycles. The maximum Gasteiger partial charge on any atom is 0.243 e. The maximum atomic E-state index is 14.2. The van der Waals surface area contributed by atoms with Gasteiger partial charge in [-0.25, -0.2) is 4.39 Å². The van der Waals surface area contributed by atoms with Crippen molar-refractivity contribution in [1.82, 2.24) is 31.6 Å². The molecule has 1 unspecified atom stereocenters. The first-order valence-corrected chi connectivity index (χ1v) is 19.8. The smallest absolute Gasteiger partial charge is 0.243 e. The number of likely N-dealkylation sites (N-methyl/N-ethyl adjacent to an activating group) is 1. The maximum absolute atomic E-state index is 14.2. The molecule has 3 amide bonds. The molecule has 1 radical (unpaired) electrons. The first-order chi connectivity index (χ1) is 28.1. The third-order valence-electron chi connectivity index (χ3n) is 10.1. The predicted octanol–water partition coefficient (Wildman–Crippen LogP) is 2.58. The van der Waals surface area contributed by atoms with E-state index in [-0.39, 0.29) is 44.0 Å². The second kappa shape index (κ2) is 24.4. The average Bonchev–Trinajstić information content (AvgIpc) is 3.24. The van der Waals surface area contributed by atoms with Crippen LogP contribution in [0.5, 0.6) is 0 Å². The Bertz CT molecular complexity index is 1910. The Kier molecular flexibility index (Phi) is 19.0. The van der Waals surface area contributed by atoms with E-state index in [1.165, 1.54) is 12.1 Å². The molecule has 0 saturated carbocycles. The second-order valence-corrected chi connectivity index (χ2v) is 14.3. The van der Waals surface area contributed by atoms with Crippen molar-refractivity contribution in [3.05, 3.63) is 114 Å². The number of aliphatic hydroxyl groups is 1. The van der Waals surface area contributed by atoms with Gasteiger partial charge in [-0.3, -0.25) is 29.0 Å². The summed E-state index contributed by atoms with van der Waals surface area (Å²) in [6.45, 7) is 0.254. The van der Waals surface area contributed by atoms with Crippen molar-refractivity contribution in [3.8, 4) is 0 Å². The Morgan fingerprint density at radius 2 is 1.57 bits per heavy atom. The normalized spacial score (nSPS) is 13.8. The van der Waals surface area contributed by atoms with Gasteiger partial charge in [0.05, 0.1) is 18.7 Å². The topological polar surface area (TPSA) is 205 Å². The van der Waals surface area contributed by atoms with Crippen LogP contribution in [0, 0.1) is 11.7 Å². The highest BCUT2D eigenvalue weighted by atomic mass is 19.1. The lowest BCUT2D eigenvalue weighted by atomic mass is 9.91. The zero-order valence-electron chi connectivity index (χ0n) is 32.9. The summed E-state index contributed by atoms with van der Waals surface area (Å²) in [6, 6.07) is 18.8. The van der Waals surface area contributed by atoms with Crippen LogP contribution in [0.1, 0.15) is 55.2 Å². The van der Waals surface area contributed by atoms with Crippen molar-refractivity contribution < 1.29 is 33.5 Å². The van der Waals surface area contributed by atoms with Gasteiger partial charge in [0.2, 0.25) is 24.0 Å². The Labute approximate surface area is 339 Å². The van der Waals surface area contributed by atoms with E-state index in [2.05, 4.69) is 31.6 Å². The number of pyridine rings is 1. The lowest BCUT2D eigenvalue weighted by molar-refractivity contribution is -0.133. The van der Waals surface area contributed by atoms with Gasteiger partial charge < -0.3 is 37.4 Å². The molecule has 1 aromatic heterocycles. The van der Waals surface area contributed by atoms with Gasteiger partial charge in [0, 0.05) is 44.2 Å². The van der Waals surface area contributed by atoms with Gasteiger partial charge in [-0.2, -0.15) is 0 Å². The van der Waals surface area contributed by atoms with Gasteiger partial charge in [0.15, 0.2) is 5.78 Å². The first-order valence-electron chi connectivity index (χ1n) is 19.8. The first kappa shape index (κ1) is 45.3. The van der Waals surface area contributed by atoms with Gasteiger partial charge in [-0.15, -0.1) is 0 Å². The zero-order valence-corrected chi connectivity index (χ0v) is 32.9. The number of nitrogens with two attached hydrogens (primary N) is 1. The van der Waals surface area contributed by atoms with Crippen molar-refractivity contribution in [2.45, 2.75) is 82.1 Å². The van der Waals surface area contributed by atoms with Gasteiger partial charge >= 0.3 is 0 Å². The van der Waals surface area contributed by atoms with Crippen LogP contribution in [0.3, 0.4) is 0 Å². The van der Waals surface area contributed by atoms with Crippen molar-refractivity contribution in [3.63, 3.8) is 0 Å². The molecule has 0 fully saturated rings. The molecular formula is C44H55FN7O6. The van der Waals surface area contributed by atoms with E-state index in [4.69, 9.17) is 5.73 Å². The highest BCUT2D eigenvalue weighted by molar-refractivity contribution is 5.95. The molecule has 0 bridgehead atoms. The Balaban J connectivity index is 1.49. The lowest BCUT2D eigenvalue weighted by Crippen LogP contribution is -2.57. The monoisotopic (exact) mass is 796 g/mol. The Hall–Kier alpha value is -5.41. The number of hydrogen-bond acceptors (Lipinski definition) is 10. The molecule has 8 N–H and O–H groups in total. The van der Waals surface area contributed by atoms with Gasteiger partial charge in [-0.1, -0.05) is 67.1 Å². The molecular weight excluding hydrogens is 742 g/mol. The number of Topliss-reactive ketones (excluding diaryl/α,β-unsaturated/α-hetero) is 1. The molecule has 0 spiro atoms.